The molecule has 30 heavy (non-hydrogen) atoms. The van der Waals surface area contributed by atoms with Crippen molar-refractivity contribution in [3.05, 3.63) is 59.1 Å². The molecule has 0 N–H and O–H groups in total. The second-order valence-corrected chi connectivity index (χ2v) is 7.93. The molecule has 158 valence electrons. The minimum Gasteiger partial charge on any atom is -0.493 e. The Balaban J connectivity index is 1.82. The standard InChI is InChI=1S/C24H27ClN2O3/c1-5-26(6-2)18-9-11-19(12-10-18)27-23(28)21(22(25)24(27)29)17-7-13-20(14-8-17)30-15-16(3)4/h7-14,16H,5-6,15H2,1-4H3. The van der Waals surface area contributed by atoms with E-state index in [1.807, 2.05) is 12.1 Å². The first-order valence-corrected chi connectivity index (χ1v) is 10.6. The third-order valence-electron chi connectivity index (χ3n) is 4.99. The van der Waals surface area contributed by atoms with Crippen LogP contribution in [-0.2, 0) is 9.59 Å². The third-order valence-corrected chi connectivity index (χ3v) is 5.34. The van der Waals surface area contributed by atoms with Gasteiger partial charge in [0, 0.05) is 18.8 Å². The monoisotopic (exact) mass is 426 g/mol. The molecule has 0 atom stereocenters. The van der Waals surface area contributed by atoms with Crippen molar-refractivity contribution >= 4 is 40.4 Å². The molecule has 1 heterocycles. The van der Waals surface area contributed by atoms with Crippen molar-refractivity contribution in [1.82, 2.24) is 0 Å². The first-order chi connectivity index (χ1) is 14.4. The Morgan fingerprint density at radius 2 is 1.53 bits per heavy atom. The number of ether oxygens (including phenoxy) is 1. The number of rotatable bonds is 8. The minimum atomic E-state index is -0.507. The molecule has 2 aromatic carbocycles. The number of imide groups is 1. The second-order valence-electron chi connectivity index (χ2n) is 7.55. The maximum absolute atomic E-state index is 13.1. The van der Waals surface area contributed by atoms with Crippen molar-refractivity contribution in [2.45, 2.75) is 27.7 Å². The molecule has 2 amide bonds. The van der Waals surface area contributed by atoms with E-state index >= 15 is 0 Å². The number of hydrogen-bond donors (Lipinski definition) is 0. The smallest absolute Gasteiger partial charge is 0.277 e. The lowest BCUT2D eigenvalue weighted by Gasteiger charge is -2.22. The van der Waals surface area contributed by atoms with Gasteiger partial charge >= 0.3 is 0 Å². The molecule has 0 radical (unpaired) electrons. The molecule has 3 rings (SSSR count). The molecule has 2 aromatic rings. The molecule has 0 unspecified atom stereocenters. The van der Waals surface area contributed by atoms with Gasteiger partial charge in [-0.2, -0.15) is 0 Å². The zero-order valence-electron chi connectivity index (χ0n) is 17.8. The zero-order valence-corrected chi connectivity index (χ0v) is 18.6. The molecule has 0 aromatic heterocycles. The van der Waals surface area contributed by atoms with Gasteiger partial charge in [0.2, 0.25) is 0 Å². The Morgan fingerprint density at radius 3 is 2.07 bits per heavy atom. The Bertz CT molecular complexity index is 945. The van der Waals surface area contributed by atoms with E-state index in [9.17, 15) is 9.59 Å². The molecule has 0 saturated heterocycles. The first-order valence-electron chi connectivity index (χ1n) is 10.2. The molecule has 0 bridgehead atoms. The number of amides is 2. The fourth-order valence-corrected chi connectivity index (χ4v) is 3.64. The SMILES string of the molecule is CCN(CC)c1ccc(N2C(=O)C(Cl)=C(c3ccc(OCC(C)C)cc3)C2=O)cc1. The molecule has 1 aliphatic heterocycles. The molecule has 1 aliphatic rings. The Labute approximate surface area is 182 Å². The van der Waals surface area contributed by atoms with E-state index in [0.29, 0.717) is 29.5 Å². The number of halogens is 1. The van der Waals surface area contributed by atoms with Gasteiger partial charge in [-0.25, -0.2) is 4.90 Å². The molecular weight excluding hydrogens is 400 g/mol. The van der Waals surface area contributed by atoms with Crippen molar-refractivity contribution in [1.29, 1.82) is 0 Å². The number of anilines is 2. The maximum atomic E-state index is 13.1. The first kappa shape index (κ1) is 21.9. The predicted octanol–water partition coefficient (Wildman–Crippen LogP) is 5.09. The number of carbonyl (C=O) groups excluding carboxylic acids is 2. The highest BCUT2D eigenvalue weighted by Crippen LogP contribution is 2.36. The summed E-state index contributed by atoms with van der Waals surface area (Å²) in [6.07, 6.45) is 0. The van der Waals surface area contributed by atoms with Crippen LogP contribution in [0.2, 0.25) is 0 Å². The van der Waals surface area contributed by atoms with Crippen LogP contribution in [0.4, 0.5) is 11.4 Å². The van der Waals surface area contributed by atoms with Crippen molar-refractivity contribution in [2.24, 2.45) is 5.92 Å². The lowest BCUT2D eigenvalue weighted by molar-refractivity contribution is -0.119. The van der Waals surface area contributed by atoms with Crippen LogP contribution in [0.3, 0.4) is 0 Å². The van der Waals surface area contributed by atoms with E-state index in [1.165, 1.54) is 0 Å². The van der Waals surface area contributed by atoms with Gasteiger partial charge in [-0.1, -0.05) is 37.6 Å². The van der Waals surface area contributed by atoms with Gasteiger partial charge in [0.05, 0.1) is 17.9 Å². The Hall–Kier alpha value is -2.79. The molecule has 0 fully saturated rings. The van der Waals surface area contributed by atoms with Crippen LogP contribution in [0.25, 0.3) is 5.57 Å². The van der Waals surface area contributed by atoms with Crippen molar-refractivity contribution in [3.63, 3.8) is 0 Å². The molecular formula is C24H27ClN2O3. The number of hydrogen-bond acceptors (Lipinski definition) is 4. The van der Waals surface area contributed by atoms with E-state index in [4.69, 9.17) is 16.3 Å². The molecule has 6 heteroatoms. The van der Waals surface area contributed by atoms with E-state index in [-0.39, 0.29) is 10.6 Å². The normalized spacial score (nSPS) is 14.1. The van der Waals surface area contributed by atoms with Crippen molar-refractivity contribution < 1.29 is 14.3 Å². The van der Waals surface area contributed by atoms with Gasteiger partial charge in [0.15, 0.2) is 0 Å². The highest BCUT2D eigenvalue weighted by atomic mass is 35.5. The fraction of sp³-hybridized carbons (Fsp3) is 0.333. The summed E-state index contributed by atoms with van der Waals surface area (Å²) in [6.45, 7) is 10.7. The van der Waals surface area contributed by atoms with E-state index in [2.05, 4.69) is 32.6 Å². The van der Waals surface area contributed by atoms with Crippen LogP contribution in [-0.4, -0.2) is 31.5 Å². The predicted molar refractivity (Wildman–Crippen MR) is 122 cm³/mol. The Kier molecular flexibility index (Phi) is 6.83. The zero-order chi connectivity index (χ0) is 21.8. The summed E-state index contributed by atoms with van der Waals surface area (Å²) in [5.41, 5.74) is 2.35. The topological polar surface area (TPSA) is 49.9 Å². The minimum absolute atomic E-state index is 0.0660. The second kappa shape index (κ2) is 9.35. The van der Waals surface area contributed by atoms with Gasteiger partial charge in [-0.05, 0) is 61.7 Å². The van der Waals surface area contributed by atoms with Gasteiger partial charge in [-0.3, -0.25) is 9.59 Å². The summed E-state index contributed by atoms with van der Waals surface area (Å²) in [4.78, 5) is 29.2. The van der Waals surface area contributed by atoms with Crippen LogP contribution in [0.5, 0.6) is 5.75 Å². The molecule has 5 nitrogen and oxygen atoms in total. The Morgan fingerprint density at radius 1 is 0.933 bits per heavy atom. The van der Waals surface area contributed by atoms with Crippen LogP contribution in [0.15, 0.2) is 53.6 Å². The molecule has 0 spiro atoms. The van der Waals surface area contributed by atoms with E-state index in [0.717, 1.165) is 23.7 Å². The number of benzene rings is 2. The van der Waals surface area contributed by atoms with E-state index in [1.54, 1.807) is 36.4 Å². The van der Waals surface area contributed by atoms with Crippen LogP contribution < -0.4 is 14.5 Å². The van der Waals surface area contributed by atoms with Gasteiger partial charge < -0.3 is 9.64 Å². The number of carbonyl (C=O) groups is 2. The highest BCUT2D eigenvalue weighted by Gasteiger charge is 2.39. The summed E-state index contributed by atoms with van der Waals surface area (Å²) in [7, 11) is 0. The van der Waals surface area contributed by atoms with Gasteiger partial charge in [-0.15, -0.1) is 0 Å². The fourth-order valence-electron chi connectivity index (χ4n) is 3.37. The third kappa shape index (κ3) is 4.36. The molecule has 0 aliphatic carbocycles. The molecule has 0 saturated carbocycles. The summed E-state index contributed by atoms with van der Waals surface area (Å²) < 4.78 is 5.68. The van der Waals surface area contributed by atoms with Crippen molar-refractivity contribution in [2.75, 3.05) is 29.5 Å². The van der Waals surface area contributed by atoms with Crippen LogP contribution >= 0.6 is 11.6 Å². The van der Waals surface area contributed by atoms with Gasteiger partial charge in [0.1, 0.15) is 10.8 Å². The van der Waals surface area contributed by atoms with E-state index < -0.39 is 11.8 Å². The highest BCUT2D eigenvalue weighted by molar-refractivity contribution is 6.60. The van der Waals surface area contributed by atoms with Crippen LogP contribution in [0.1, 0.15) is 33.3 Å². The van der Waals surface area contributed by atoms with Crippen LogP contribution in [0, 0.1) is 5.92 Å². The largest absolute Gasteiger partial charge is 0.493 e. The average Bonchev–Trinajstić information content (AvgIpc) is 2.97. The summed E-state index contributed by atoms with van der Waals surface area (Å²) >= 11 is 6.30. The summed E-state index contributed by atoms with van der Waals surface area (Å²) in [5.74, 6) is 0.200. The quantitative estimate of drug-likeness (QED) is 0.551. The lowest BCUT2D eigenvalue weighted by Crippen LogP contribution is -2.31. The summed E-state index contributed by atoms with van der Waals surface area (Å²) in [5, 5.41) is -0.0660. The maximum Gasteiger partial charge on any atom is 0.277 e. The lowest BCUT2D eigenvalue weighted by atomic mass is 10.1. The van der Waals surface area contributed by atoms with Crippen molar-refractivity contribution in [3.8, 4) is 5.75 Å². The number of nitrogens with zero attached hydrogens (tertiary/aromatic N) is 2. The van der Waals surface area contributed by atoms with Gasteiger partial charge in [0.25, 0.3) is 11.8 Å². The average molecular weight is 427 g/mol. The summed E-state index contributed by atoms with van der Waals surface area (Å²) in [6, 6.07) is 14.5.